The molecule has 4 heteroatoms. The number of halogens is 1. The summed E-state index contributed by atoms with van der Waals surface area (Å²) in [6.07, 6.45) is 0. The fourth-order valence-corrected chi connectivity index (χ4v) is 2.65. The SMILES string of the molecule is COc1cccc(N(C)c2ccc(N)cc2I)c1. The minimum absolute atomic E-state index is 0.780. The molecule has 0 radical (unpaired) electrons. The molecule has 2 rings (SSSR count). The van der Waals surface area contributed by atoms with Gasteiger partial charge in [-0.25, -0.2) is 0 Å². The number of rotatable bonds is 3. The lowest BCUT2D eigenvalue weighted by Crippen LogP contribution is -2.11. The third kappa shape index (κ3) is 2.69. The molecule has 2 aromatic rings. The lowest BCUT2D eigenvalue weighted by atomic mass is 10.2. The average Bonchev–Trinajstić information content (AvgIpc) is 2.38. The molecule has 3 nitrogen and oxygen atoms in total. The van der Waals surface area contributed by atoms with Crippen LogP contribution >= 0.6 is 22.6 Å². The molecular weight excluding hydrogens is 339 g/mol. The molecular formula is C14H15IN2O. The fourth-order valence-electron chi connectivity index (χ4n) is 1.75. The van der Waals surface area contributed by atoms with Crippen LogP contribution in [0.2, 0.25) is 0 Å². The Balaban J connectivity index is 2.37. The van der Waals surface area contributed by atoms with Crippen molar-refractivity contribution in [3.05, 3.63) is 46.0 Å². The van der Waals surface area contributed by atoms with Crippen molar-refractivity contribution in [2.45, 2.75) is 0 Å². The van der Waals surface area contributed by atoms with Gasteiger partial charge < -0.3 is 15.4 Å². The largest absolute Gasteiger partial charge is 0.497 e. The number of hydrogen-bond acceptors (Lipinski definition) is 3. The number of ether oxygens (including phenoxy) is 1. The van der Waals surface area contributed by atoms with E-state index in [-0.39, 0.29) is 0 Å². The first kappa shape index (κ1) is 13.0. The van der Waals surface area contributed by atoms with E-state index in [9.17, 15) is 0 Å². The molecule has 18 heavy (non-hydrogen) atoms. The summed E-state index contributed by atoms with van der Waals surface area (Å²) < 4.78 is 6.36. The van der Waals surface area contributed by atoms with E-state index in [4.69, 9.17) is 10.5 Å². The summed E-state index contributed by atoms with van der Waals surface area (Å²) in [5.74, 6) is 0.852. The van der Waals surface area contributed by atoms with Gasteiger partial charge in [0, 0.05) is 28.1 Å². The van der Waals surface area contributed by atoms with E-state index in [1.54, 1.807) is 7.11 Å². The number of nitrogen functional groups attached to an aromatic ring is 1. The third-order valence-electron chi connectivity index (χ3n) is 2.77. The summed E-state index contributed by atoms with van der Waals surface area (Å²) in [6.45, 7) is 0. The Morgan fingerprint density at radius 2 is 1.94 bits per heavy atom. The maximum atomic E-state index is 5.77. The van der Waals surface area contributed by atoms with Crippen LogP contribution in [-0.2, 0) is 0 Å². The molecule has 0 saturated carbocycles. The zero-order valence-corrected chi connectivity index (χ0v) is 12.5. The van der Waals surface area contributed by atoms with E-state index in [2.05, 4.69) is 33.6 Å². The van der Waals surface area contributed by atoms with Crippen LogP contribution in [0, 0.1) is 3.57 Å². The topological polar surface area (TPSA) is 38.5 Å². The monoisotopic (exact) mass is 354 g/mol. The van der Waals surface area contributed by atoms with Crippen LogP contribution in [0.3, 0.4) is 0 Å². The predicted octanol–water partition coefficient (Wildman–Crippen LogP) is 3.65. The van der Waals surface area contributed by atoms with Gasteiger partial charge in [0.05, 0.1) is 12.8 Å². The van der Waals surface area contributed by atoms with Crippen LogP contribution in [0.15, 0.2) is 42.5 Å². The minimum atomic E-state index is 0.780. The summed E-state index contributed by atoms with van der Waals surface area (Å²) >= 11 is 2.29. The van der Waals surface area contributed by atoms with Crippen molar-refractivity contribution >= 4 is 39.7 Å². The zero-order chi connectivity index (χ0) is 13.1. The van der Waals surface area contributed by atoms with Crippen LogP contribution in [0.1, 0.15) is 0 Å². The Labute approximate surface area is 121 Å². The minimum Gasteiger partial charge on any atom is -0.497 e. The van der Waals surface area contributed by atoms with Gasteiger partial charge in [-0.05, 0) is 52.9 Å². The normalized spacial score (nSPS) is 10.2. The van der Waals surface area contributed by atoms with Crippen molar-refractivity contribution in [2.75, 3.05) is 24.8 Å². The Morgan fingerprint density at radius 3 is 2.61 bits per heavy atom. The number of nitrogens with zero attached hydrogens (tertiary/aromatic N) is 1. The molecule has 0 amide bonds. The van der Waals surface area contributed by atoms with Gasteiger partial charge in [0.25, 0.3) is 0 Å². The Hall–Kier alpha value is -1.43. The molecule has 0 unspecified atom stereocenters. The average molecular weight is 354 g/mol. The highest BCUT2D eigenvalue weighted by Gasteiger charge is 2.08. The molecule has 0 aliphatic rings. The summed E-state index contributed by atoms with van der Waals surface area (Å²) in [6, 6.07) is 13.9. The van der Waals surface area contributed by atoms with E-state index in [1.165, 1.54) is 0 Å². The van der Waals surface area contributed by atoms with Crippen LogP contribution in [0.5, 0.6) is 5.75 Å². The van der Waals surface area contributed by atoms with Gasteiger partial charge in [0.1, 0.15) is 5.75 Å². The van der Waals surface area contributed by atoms with Gasteiger partial charge in [0.15, 0.2) is 0 Å². The van der Waals surface area contributed by atoms with Gasteiger partial charge in [-0.3, -0.25) is 0 Å². The molecule has 0 atom stereocenters. The second kappa shape index (κ2) is 5.48. The van der Waals surface area contributed by atoms with Gasteiger partial charge in [0.2, 0.25) is 0 Å². The van der Waals surface area contributed by atoms with Gasteiger partial charge in [-0.15, -0.1) is 0 Å². The number of methoxy groups -OCH3 is 1. The highest BCUT2D eigenvalue weighted by atomic mass is 127. The first-order valence-electron chi connectivity index (χ1n) is 5.54. The van der Waals surface area contributed by atoms with E-state index in [0.717, 1.165) is 26.4 Å². The van der Waals surface area contributed by atoms with Crippen molar-refractivity contribution in [2.24, 2.45) is 0 Å². The van der Waals surface area contributed by atoms with E-state index < -0.39 is 0 Å². The lowest BCUT2D eigenvalue weighted by molar-refractivity contribution is 0.415. The summed E-state index contributed by atoms with van der Waals surface area (Å²) in [5.41, 5.74) is 8.75. The Kier molecular flexibility index (Phi) is 3.96. The molecule has 0 heterocycles. The third-order valence-corrected chi connectivity index (χ3v) is 3.64. The van der Waals surface area contributed by atoms with Crippen LogP contribution in [0.4, 0.5) is 17.1 Å². The maximum Gasteiger partial charge on any atom is 0.120 e. The molecule has 0 aromatic heterocycles. The molecule has 94 valence electrons. The predicted molar refractivity (Wildman–Crippen MR) is 84.6 cm³/mol. The highest BCUT2D eigenvalue weighted by Crippen LogP contribution is 2.31. The van der Waals surface area contributed by atoms with Crippen LogP contribution < -0.4 is 15.4 Å². The number of hydrogen-bond donors (Lipinski definition) is 1. The first-order valence-corrected chi connectivity index (χ1v) is 6.62. The molecule has 0 saturated heterocycles. The second-order valence-corrected chi connectivity index (χ2v) is 5.13. The van der Waals surface area contributed by atoms with E-state index in [1.807, 2.05) is 43.4 Å². The number of anilines is 3. The van der Waals surface area contributed by atoms with Gasteiger partial charge in [-0.1, -0.05) is 6.07 Å². The van der Waals surface area contributed by atoms with Crippen molar-refractivity contribution in [1.29, 1.82) is 0 Å². The summed E-state index contributed by atoms with van der Waals surface area (Å²) in [7, 11) is 3.70. The van der Waals surface area contributed by atoms with Crippen LogP contribution in [0.25, 0.3) is 0 Å². The molecule has 2 N–H and O–H groups in total. The van der Waals surface area contributed by atoms with Crippen molar-refractivity contribution < 1.29 is 4.74 Å². The summed E-state index contributed by atoms with van der Waals surface area (Å²) in [5, 5.41) is 0. The van der Waals surface area contributed by atoms with Crippen molar-refractivity contribution in [1.82, 2.24) is 0 Å². The molecule has 0 aliphatic carbocycles. The molecule has 0 spiro atoms. The van der Waals surface area contributed by atoms with Crippen LogP contribution in [-0.4, -0.2) is 14.2 Å². The lowest BCUT2D eigenvalue weighted by Gasteiger charge is -2.21. The Bertz CT molecular complexity index is 557. The molecule has 0 aliphatic heterocycles. The van der Waals surface area contributed by atoms with Crippen molar-refractivity contribution in [3.8, 4) is 5.75 Å². The quantitative estimate of drug-likeness (QED) is 0.676. The first-order chi connectivity index (χ1) is 8.61. The zero-order valence-electron chi connectivity index (χ0n) is 10.4. The van der Waals surface area contributed by atoms with Gasteiger partial charge in [-0.2, -0.15) is 0 Å². The standard InChI is InChI=1S/C14H15IN2O/c1-17(11-4-3-5-12(9-11)18-2)14-7-6-10(16)8-13(14)15/h3-9H,16H2,1-2H3. The number of nitrogens with two attached hydrogens (primary N) is 1. The van der Waals surface area contributed by atoms with E-state index >= 15 is 0 Å². The number of benzene rings is 2. The van der Waals surface area contributed by atoms with Crippen molar-refractivity contribution in [3.63, 3.8) is 0 Å². The van der Waals surface area contributed by atoms with E-state index in [0.29, 0.717) is 0 Å². The molecule has 0 bridgehead atoms. The Morgan fingerprint density at radius 1 is 1.17 bits per heavy atom. The molecule has 0 fully saturated rings. The maximum absolute atomic E-state index is 5.77. The summed E-state index contributed by atoms with van der Waals surface area (Å²) in [4.78, 5) is 2.11. The smallest absolute Gasteiger partial charge is 0.120 e. The van der Waals surface area contributed by atoms with Gasteiger partial charge >= 0.3 is 0 Å². The highest BCUT2D eigenvalue weighted by molar-refractivity contribution is 14.1. The molecule has 2 aromatic carbocycles. The fraction of sp³-hybridized carbons (Fsp3) is 0.143. The second-order valence-electron chi connectivity index (χ2n) is 3.97.